The predicted molar refractivity (Wildman–Crippen MR) is 54.1 cm³/mol. The van der Waals surface area contributed by atoms with E-state index >= 15 is 0 Å². The number of ether oxygens (including phenoxy) is 1. The van der Waals surface area contributed by atoms with Crippen molar-refractivity contribution in [2.75, 3.05) is 19.8 Å². The topological polar surface area (TPSA) is 40.2 Å². The second-order valence-electron chi connectivity index (χ2n) is 3.40. The van der Waals surface area contributed by atoms with Crippen LogP contribution in [-0.4, -0.2) is 30.5 Å². The Morgan fingerprint density at radius 2 is 2.12 bits per heavy atom. The van der Waals surface area contributed by atoms with Crippen molar-refractivity contribution in [2.24, 2.45) is 5.73 Å². The van der Waals surface area contributed by atoms with Crippen molar-refractivity contribution in [1.29, 1.82) is 0 Å². The minimum atomic E-state index is -4.25. The van der Waals surface area contributed by atoms with E-state index in [0.717, 1.165) is 5.69 Å². The van der Waals surface area contributed by atoms with Crippen molar-refractivity contribution in [3.05, 3.63) is 24.0 Å². The van der Waals surface area contributed by atoms with Gasteiger partial charge < -0.3 is 15.0 Å². The van der Waals surface area contributed by atoms with E-state index in [1.807, 2.05) is 22.9 Å². The van der Waals surface area contributed by atoms with Crippen LogP contribution in [0.5, 0.6) is 0 Å². The molecule has 0 saturated heterocycles. The Morgan fingerprint density at radius 3 is 2.75 bits per heavy atom. The molecule has 16 heavy (non-hydrogen) atoms. The fourth-order valence-corrected chi connectivity index (χ4v) is 1.39. The first-order valence-corrected chi connectivity index (χ1v) is 5.01. The highest BCUT2D eigenvalue weighted by atomic mass is 19.4. The molecule has 3 nitrogen and oxygen atoms in total. The first-order valence-electron chi connectivity index (χ1n) is 5.01. The highest BCUT2D eigenvalue weighted by molar-refractivity contribution is 5.07. The van der Waals surface area contributed by atoms with Gasteiger partial charge in [-0.25, -0.2) is 0 Å². The van der Waals surface area contributed by atoms with E-state index < -0.39 is 12.8 Å². The van der Waals surface area contributed by atoms with Crippen LogP contribution in [0.3, 0.4) is 0 Å². The molecular weight excluding hydrogens is 221 g/mol. The van der Waals surface area contributed by atoms with Gasteiger partial charge in [-0.2, -0.15) is 13.2 Å². The smallest absolute Gasteiger partial charge is 0.370 e. The van der Waals surface area contributed by atoms with Gasteiger partial charge in [0.15, 0.2) is 0 Å². The zero-order valence-electron chi connectivity index (χ0n) is 8.83. The third-order valence-electron chi connectivity index (χ3n) is 2.07. The first-order chi connectivity index (χ1) is 7.53. The highest BCUT2D eigenvalue weighted by Gasteiger charge is 2.27. The largest absolute Gasteiger partial charge is 0.411 e. The molecule has 0 saturated carbocycles. The van der Waals surface area contributed by atoms with Crippen molar-refractivity contribution in [3.8, 4) is 0 Å². The molecule has 0 unspecified atom stereocenters. The number of aromatic nitrogens is 1. The van der Waals surface area contributed by atoms with Gasteiger partial charge in [0.2, 0.25) is 0 Å². The molecule has 1 aromatic rings. The Kier molecular flexibility index (Phi) is 4.82. The third-order valence-corrected chi connectivity index (χ3v) is 2.07. The Morgan fingerprint density at radius 1 is 1.38 bits per heavy atom. The molecule has 92 valence electrons. The predicted octanol–water partition coefficient (Wildman–Crippen LogP) is 1.57. The lowest BCUT2D eigenvalue weighted by Gasteiger charge is -2.10. The van der Waals surface area contributed by atoms with Gasteiger partial charge in [0.25, 0.3) is 0 Å². The average molecular weight is 236 g/mol. The second kappa shape index (κ2) is 5.91. The molecule has 0 aromatic carbocycles. The Hall–Kier alpha value is -1.01. The van der Waals surface area contributed by atoms with Crippen molar-refractivity contribution in [1.82, 2.24) is 4.57 Å². The number of halogens is 3. The molecular formula is C10H15F3N2O. The van der Waals surface area contributed by atoms with Crippen LogP contribution in [0.4, 0.5) is 13.2 Å². The van der Waals surface area contributed by atoms with Crippen LogP contribution in [0.2, 0.25) is 0 Å². The number of nitrogens with two attached hydrogens (primary N) is 1. The lowest BCUT2D eigenvalue weighted by atomic mass is 10.3. The van der Waals surface area contributed by atoms with Crippen molar-refractivity contribution >= 4 is 0 Å². The molecule has 0 aliphatic heterocycles. The third kappa shape index (κ3) is 4.67. The second-order valence-corrected chi connectivity index (χ2v) is 3.40. The van der Waals surface area contributed by atoms with Gasteiger partial charge in [-0.05, 0) is 25.1 Å². The molecule has 1 aromatic heterocycles. The van der Waals surface area contributed by atoms with E-state index in [1.165, 1.54) is 0 Å². The fourth-order valence-electron chi connectivity index (χ4n) is 1.39. The summed E-state index contributed by atoms with van der Waals surface area (Å²) in [5.74, 6) is 0. The summed E-state index contributed by atoms with van der Waals surface area (Å²) in [6.07, 6.45) is -1.73. The van der Waals surface area contributed by atoms with Gasteiger partial charge >= 0.3 is 6.18 Å². The van der Waals surface area contributed by atoms with E-state index in [0.29, 0.717) is 19.5 Å². The average Bonchev–Trinajstić information content (AvgIpc) is 2.60. The van der Waals surface area contributed by atoms with Crippen LogP contribution in [0.1, 0.15) is 5.69 Å². The number of hydrogen-bond donors (Lipinski definition) is 1. The van der Waals surface area contributed by atoms with E-state index in [2.05, 4.69) is 4.74 Å². The summed E-state index contributed by atoms with van der Waals surface area (Å²) >= 11 is 0. The maximum Gasteiger partial charge on any atom is 0.411 e. The molecule has 0 fully saturated rings. The number of hydrogen-bond acceptors (Lipinski definition) is 2. The Bertz CT molecular complexity index is 309. The molecule has 0 amide bonds. The minimum absolute atomic E-state index is 0.0474. The minimum Gasteiger partial charge on any atom is -0.370 e. The van der Waals surface area contributed by atoms with Crippen LogP contribution in [0.25, 0.3) is 0 Å². The van der Waals surface area contributed by atoms with E-state index in [-0.39, 0.29) is 6.61 Å². The molecule has 2 N–H and O–H groups in total. The lowest BCUT2D eigenvalue weighted by molar-refractivity contribution is -0.174. The van der Waals surface area contributed by atoms with Crippen molar-refractivity contribution < 1.29 is 17.9 Å². The highest BCUT2D eigenvalue weighted by Crippen LogP contribution is 2.14. The van der Waals surface area contributed by atoms with Gasteiger partial charge in [-0.1, -0.05) is 0 Å². The fraction of sp³-hybridized carbons (Fsp3) is 0.600. The Labute approximate surface area is 92.0 Å². The number of nitrogens with zero attached hydrogens (tertiary/aromatic N) is 1. The van der Waals surface area contributed by atoms with Crippen LogP contribution in [0, 0.1) is 0 Å². The van der Waals surface area contributed by atoms with E-state index in [9.17, 15) is 13.2 Å². The number of rotatable bonds is 6. The molecule has 0 radical (unpaired) electrons. The normalized spacial score (nSPS) is 12.0. The molecule has 0 aliphatic rings. The summed E-state index contributed by atoms with van der Waals surface area (Å²) in [6.45, 7) is -0.210. The molecule has 1 heterocycles. The van der Waals surface area contributed by atoms with Gasteiger partial charge in [0.05, 0.1) is 6.61 Å². The molecule has 0 bridgehead atoms. The quantitative estimate of drug-likeness (QED) is 0.761. The molecule has 1 rings (SSSR count). The van der Waals surface area contributed by atoms with Crippen molar-refractivity contribution in [3.63, 3.8) is 0 Å². The Balaban J connectivity index is 2.29. The van der Waals surface area contributed by atoms with Gasteiger partial charge in [0, 0.05) is 18.4 Å². The first kappa shape index (κ1) is 13.1. The maximum absolute atomic E-state index is 11.8. The summed E-state index contributed by atoms with van der Waals surface area (Å²) in [5.41, 5.74) is 6.42. The van der Waals surface area contributed by atoms with Crippen LogP contribution in [0.15, 0.2) is 18.3 Å². The summed E-state index contributed by atoms with van der Waals surface area (Å²) in [7, 11) is 0. The number of alkyl halides is 3. The standard InChI is InChI=1S/C10H15F3N2O/c11-10(12,13)8-16-7-6-15-5-1-2-9(15)3-4-14/h1-2,5H,3-4,6-8,14H2. The lowest BCUT2D eigenvalue weighted by Crippen LogP contribution is -2.19. The SMILES string of the molecule is NCCc1cccn1CCOCC(F)(F)F. The van der Waals surface area contributed by atoms with Gasteiger partial charge in [-0.3, -0.25) is 0 Å². The van der Waals surface area contributed by atoms with Gasteiger partial charge in [-0.15, -0.1) is 0 Å². The summed E-state index contributed by atoms with van der Waals surface area (Å²) in [6, 6.07) is 3.74. The molecule has 0 atom stereocenters. The maximum atomic E-state index is 11.8. The zero-order valence-corrected chi connectivity index (χ0v) is 8.83. The van der Waals surface area contributed by atoms with E-state index in [4.69, 9.17) is 5.73 Å². The monoisotopic (exact) mass is 236 g/mol. The van der Waals surface area contributed by atoms with Crippen molar-refractivity contribution in [2.45, 2.75) is 19.1 Å². The molecule has 0 spiro atoms. The van der Waals surface area contributed by atoms with Gasteiger partial charge in [0.1, 0.15) is 6.61 Å². The summed E-state index contributed by atoms with van der Waals surface area (Å²) < 4.78 is 41.7. The zero-order chi connectivity index (χ0) is 12.0. The summed E-state index contributed by atoms with van der Waals surface area (Å²) in [4.78, 5) is 0. The van der Waals surface area contributed by atoms with E-state index in [1.54, 1.807) is 0 Å². The molecule has 6 heteroatoms. The van der Waals surface area contributed by atoms with Crippen LogP contribution in [-0.2, 0) is 17.7 Å². The van der Waals surface area contributed by atoms with Crippen LogP contribution >= 0.6 is 0 Å². The summed E-state index contributed by atoms with van der Waals surface area (Å²) in [5, 5.41) is 0. The van der Waals surface area contributed by atoms with Crippen LogP contribution < -0.4 is 5.73 Å². The molecule has 0 aliphatic carbocycles.